The number of fused-ring (bicyclic) bond motifs is 2. The standard InChI is InChI=1S/C29H30N2O3/c1-4-30-11-13-31(14-12-30)29(32)15-20(2)24-17-25-26(19-34-28(25)18-27(24)33-3)23-10-9-21-7-5-6-8-22(21)16-23/h5-10,15-19H,4,11-14H2,1-3H3/b20-15+. The molecule has 0 unspecified atom stereocenters. The van der Waals surface area contributed by atoms with Gasteiger partial charge < -0.3 is 19.0 Å². The molecule has 2 heterocycles. The number of likely N-dealkylation sites (N-methyl/N-ethyl adjacent to an activating group) is 1. The molecule has 1 amide bonds. The summed E-state index contributed by atoms with van der Waals surface area (Å²) in [6.07, 6.45) is 3.54. The Balaban J connectivity index is 1.50. The molecule has 5 nitrogen and oxygen atoms in total. The number of nitrogens with zero attached hydrogens (tertiary/aromatic N) is 2. The molecule has 0 spiro atoms. The number of benzene rings is 3. The normalized spacial score (nSPS) is 15.3. The van der Waals surface area contributed by atoms with Crippen LogP contribution in [-0.4, -0.2) is 55.5 Å². The molecule has 0 radical (unpaired) electrons. The first-order valence-electron chi connectivity index (χ1n) is 11.9. The minimum absolute atomic E-state index is 0.0531. The van der Waals surface area contributed by atoms with Gasteiger partial charge in [-0.2, -0.15) is 0 Å². The second-order valence-electron chi connectivity index (χ2n) is 8.85. The molecule has 0 N–H and O–H groups in total. The molecule has 1 aromatic heterocycles. The summed E-state index contributed by atoms with van der Waals surface area (Å²) in [6.45, 7) is 8.54. The van der Waals surface area contributed by atoms with Gasteiger partial charge in [-0.1, -0.05) is 43.3 Å². The van der Waals surface area contributed by atoms with Crippen LogP contribution in [0.25, 0.3) is 38.4 Å². The maximum Gasteiger partial charge on any atom is 0.246 e. The number of furan rings is 1. The van der Waals surface area contributed by atoms with E-state index >= 15 is 0 Å². The van der Waals surface area contributed by atoms with E-state index in [-0.39, 0.29) is 5.91 Å². The van der Waals surface area contributed by atoms with Crippen LogP contribution in [0.15, 0.2) is 71.4 Å². The highest BCUT2D eigenvalue weighted by Gasteiger charge is 2.20. The van der Waals surface area contributed by atoms with E-state index in [1.165, 1.54) is 10.8 Å². The van der Waals surface area contributed by atoms with E-state index in [9.17, 15) is 4.79 Å². The van der Waals surface area contributed by atoms with Crippen LogP contribution >= 0.6 is 0 Å². The van der Waals surface area contributed by atoms with Crippen molar-refractivity contribution >= 4 is 33.2 Å². The summed E-state index contributed by atoms with van der Waals surface area (Å²) in [6, 6.07) is 18.8. The number of piperazine rings is 1. The first kappa shape index (κ1) is 22.2. The van der Waals surface area contributed by atoms with Gasteiger partial charge in [-0.3, -0.25) is 4.79 Å². The third kappa shape index (κ3) is 4.19. The van der Waals surface area contributed by atoms with Crippen molar-refractivity contribution in [3.05, 3.63) is 72.5 Å². The summed E-state index contributed by atoms with van der Waals surface area (Å²) in [5.74, 6) is 0.751. The molecular weight excluding hydrogens is 424 g/mol. The van der Waals surface area contributed by atoms with Crippen molar-refractivity contribution in [2.24, 2.45) is 0 Å². The number of carbonyl (C=O) groups excluding carboxylic acids is 1. The van der Waals surface area contributed by atoms with Gasteiger partial charge >= 0.3 is 0 Å². The van der Waals surface area contributed by atoms with Gasteiger partial charge in [0.1, 0.15) is 11.3 Å². The van der Waals surface area contributed by atoms with E-state index in [1.807, 2.05) is 24.0 Å². The van der Waals surface area contributed by atoms with Gasteiger partial charge in [0.15, 0.2) is 0 Å². The Kier molecular flexibility index (Phi) is 6.12. The molecule has 174 valence electrons. The van der Waals surface area contributed by atoms with E-state index < -0.39 is 0 Å². The van der Waals surface area contributed by atoms with Gasteiger partial charge in [-0.05, 0) is 47.5 Å². The van der Waals surface area contributed by atoms with Crippen LogP contribution in [-0.2, 0) is 4.79 Å². The lowest BCUT2D eigenvalue weighted by molar-refractivity contribution is -0.127. The zero-order valence-electron chi connectivity index (χ0n) is 20.0. The molecule has 0 atom stereocenters. The van der Waals surface area contributed by atoms with Crippen molar-refractivity contribution in [2.75, 3.05) is 39.8 Å². The Bertz CT molecular complexity index is 1380. The SMILES string of the molecule is CCN1CCN(C(=O)/C=C(\C)c2cc3c(-c4ccc5ccccc5c4)coc3cc2OC)CC1. The van der Waals surface area contributed by atoms with Crippen molar-refractivity contribution in [1.82, 2.24) is 9.80 Å². The van der Waals surface area contributed by atoms with Crippen molar-refractivity contribution in [2.45, 2.75) is 13.8 Å². The molecule has 1 fully saturated rings. The molecule has 1 aliphatic rings. The fourth-order valence-electron chi connectivity index (χ4n) is 4.75. The average molecular weight is 455 g/mol. The number of rotatable bonds is 5. The number of methoxy groups -OCH3 is 1. The number of carbonyl (C=O) groups is 1. The van der Waals surface area contributed by atoms with Gasteiger partial charge in [0.2, 0.25) is 5.91 Å². The maximum absolute atomic E-state index is 13.0. The molecule has 34 heavy (non-hydrogen) atoms. The van der Waals surface area contributed by atoms with Gasteiger partial charge in [0.05, 0.1) is 13.4 Å². The van der Waals surface area contributed by atoms with Crippen molar-refractivity contribution in [1.29, 1.82) is 0 Å². The van der Waals surface area contributed by atoms with Gasteiger partial charge in [-0.15, -0.1) is 0 Å². The molecule has 1 saturated heterocycles. The quantitative estimate of drug-likeness (QED) is 0.356. The first-order chi connectivity index (χ1) is 16.6. The van der Waals surface area contributed by atoms with Gasteiger partial charge in [0, 0.05) is 54.8 Å². The Morgan fingerprint density at radius 3 is 2.53 bits per heavy atom. The van der Waals surface area contributed by atoms with Crippen LogP contribution in [0.2, 0.25) is 0 Å². The summed E-state index contributed by atoms with van der Waals surface area (Å²) < 4.78 is 11.6. The Hall–Kier alpha value is -3.57. The van der Waals surface area contributed by atoms with E-state index in [2.05, 4.69) is 54.3 Å². The van der Waals surface area contributed by atoms with Gasteiger partial charge in [0.25, 0.3) is 0 Å². The molecule has 0 saturated carbocycles. The highest BCUT2D eigenvalue weighted by atomic mass is 16.5. The second kappa shape index (κ2) is 9.35. The lowest BCUT2D eigenvalue weighted by Gasteiger charge is -2.33. The molecule has 3 aromatic carbocycles. The summed E-state index contributed by atoms with van der Waals surface area (Å²) in [5.41, 5.74) is 4.67. The number of allylic oxidation sites excluding steroid dienone is 1. The molecule has 1 aliphatic heterocycles. The Labute approximate surface area is 200 Å². The molecule has 0 bridgehead atoms. The summed E-state index contributed by atoms with van der Waals surface area (Å²) in [5, 5.41) is 3.40. The second-order valence-corrected chi connectivity index (χ2v) is 8.85. The van der Waals surface area contributed by atoms with E-state index in [0.29, 0.717) is 5.75 Å². The minimum atomic E-state index is 0.0531. The van der Waals surface area contributed by atoms with Crippen molar-refractivity contribution < 1.29 is 13.9 Å². The third-order valence-electron chi connectivity index (χ3n) is 6.85. The highest BCUT2D eigenvalue weighted by molar-refractivity contribution is 6.01. The van der Waals surface area contributed by atoms with E-state index in [4.69, 9.17) is 9.15 Å². The Morgan fingerprint density at radius 2 is 1.79 bits per heavy atom. The third-order valence-corrected chi connectivity index (χ3v) is 6.85. The summed E-state index contributed by atoms with van der Waals surface area (Å²) >= 11 is 0. The lowest BCUT2D eigenvalue weighted by atomic mass is 9.97. The maximum atomic E-state index is 13.0. The van der Waals surface area contributed by atoms with Gasteiger partial charge in [-0.25, -0.2) is 0 Å². The predicted octanol–water partition coefficient (Wildman–Crippen LogP) is 5.83. The van der Waals surface area contributed by atoms with E-state index in [1.54, 1.807) is 19.4 Å². The van der Waals surface area contributed by atoms with Crippen LogP contribution in [0.4, 0.5) is 0 Å². The van der Waals surface area contributed by atoms with Crippen molar-refractivity contribution in [3.8, 4) is 16.9 Å². The number of ether oxygens (including phenoxy) is 1. The van der Waals surface area contributed by atoms with Crippen LogP contribution < -0.4 is 4.74 Å². The predicted molar refractivity (Wildman–Crippen MR) is 138 cm³/mol. The topological polar surface area (TPSA) is 45.9 Å². The minimum Gasteiger partial charge on any atom is -0.496 e. The highest BCUT2D eigenvalue weighted by Crippen LogP contribution is 2.38. The number of amides is 1. The zero-order chi connectivity index (χ0) is 23.7. The van der Waals surface area contributed by atoms with Crippen LogP contribution in [0.3, 0.4) is 0 Å². The van der Waals surface area contributed by atoms with Crippen LogP contribution in [0.1, 0.15) is 19.4 Å². The lowest BCUT2D eigenvalue weighted by Crippen LogP contribution is -2.48. The van der Waals surface area contributed by atoms with Crippen LogP contribution in [0.5, 0.6) is 5.75 Å². The monoisotopic (exact) mass is 454 g/mol. The average Bonchev–Trinajstić information content (AvgIpc) is 3.30. The molecule has 5 heteroatoms. The zero-order valence-corrected chi connectivity index (χ0v) is 20.0. The molecule has 4 aromatic rings. The molecule has 5 rings (SSSR count). The fourth-order valence-corrected chi connectivity index (χ4v) is 4.75. The molecule has 0 aliphatic carbocycles. The van der Waals surface area contributed by atoms with Crippen LogP contribution in [0, 0.1) is 0 Å². The van der Waals surface area contributed by atoms with Crippen molar-refractivity contribution in [3.63, 3.8) is 0 Å². The number of hydrogen-bond acceptors (Lipinski definition) is 4. The smallest absolute Gasteiger partial charge is 0.246 e. The number of hydrogen-bond donors (Lipinski definition) is 0. The fraction of sp³-hybridized carbons (Fsp3) is 0.276. The summed E-state index contributed by atoms with van der Waals surface area (Å²) in [4.78, 5) is 17.3. The first-order valence-corrected chi connectivity index (χ1v) is 11.9. The Morgan fingerprint density at radius 1 is 1.03 bits per heavy atom. The molecular formula is C29H30N2O3. The largest absolute Gasteiger partial charge is 0.496 e. The van der Waals surface area contributed by atoms with E-state index in [0.717, 1.165) is 66.0 Å². The summed E-state index contributed by atoms with van der Waals surface area (Å²) in [7, 11) is 1.65.